The Hall–Kier alpha value is 0.200. The Kier molecular flexibility index (Phi) is 6.74. The molecule has 0 radical (unpaired) electrons. The number of hydrogen-bond acceptors (Lipinski definition) is 2. The summed E-state index contributed by atoms with van der Waals surface area (Å²) in [5, 5.41) is -0.354. The van der Waals surface area contributed by atoms with Crippen LogP contribution in [0.1, 0.15) is 33.6 Å². The molecule has 1 atom stereocenters. The van der Waals surface area contributed by atoms with Crippen LogP contribution in [0.2, 0.25) is 0 Å². The van der Waals surface area contributed by atoms with Gasteiger partial charge in [-0.2, -0.15) is 0 Å². The van der Waals surface area contributed by atoms with Crippen LogP contribution in [-0.2, 0) is 10.0 Å². The summed E-state index contributed by atoms with van der Waals surface area (Å²) >= 11 is 5.63. The molecule has 0 bridgehead atoms. The predicted molar refractivity (Wildman–Crippen MR) is 61.2 cm³/mol. The normalized spacial score (nSPS) is 14.6. The second-order valence-electron chi connectivity index (χ2n) is 3.89. The van der Waals surface area contributed by atoms with E-state index in [1.54, 1.807) is 13.8 Å². The molecule has 0 aromatic heterocycles. The van der Waals surface area contributed by atoms with Gasteiger partial charge in [-0.25, -0.2) is 13.1 Å². The topological polar surface area (TPSA) is 46.2 Å². The molecule has 0 aromatic rings. The van der Waals surface area contributed by atoms with Gasteiger partial charge in [0.1, 0.15) is 0 Å². The zero-order chi connectivity index (χ0) is 11.2. The van der Waals surface area contributed by atoms with E-state index in [4.69, 9.17) is 11.6 Å². The molecule has 1 unspecified atom stereocenters. The fourth-order valence-corrected chi connectivity index (χ4v) is 1.83. The molecule has 0 spiro atoms. The first-order valence-corrected chi connectivity index (χ1v) is 7.02. The molecular weight excluding hydrogens is 222 g/mol. The molecule has 86 valence electrons. The third-order valence-corrected chi connectivity index (χ3v) is 4.44. The van der Waals surface area contributed by atoms with Crippen LogP contribution in [0.15, 0.2) is 0 Å². The second-order valence-corrected chi connectivity index (χ2v) is 6.52. The van der Waals surface area contributed by atoms with Crippen molar-refractivity contribution < 1.29 is 8.42 Å². The summed E-state index contributed by atoms with van der Waals surface area (Å²) in [5.41, 5.74) is 0. The fourth-order valence-electron chi connectivity index (χ4n) is 0.909. The van der Waals surface area contributed by atoms with Crippen molar-refractivity contribution in [2.45, 2.75) is 38.9 Å². The van der Waals surface area contributed by atoms with Crippen LogP contribution in [0.5, 0.6) is 0 Å². The van der Waals surface area contributed by atoms with Gasteiger partial charge in [0.25, 0.3) is 0 Å². The Morgan fingerprint density at radius 2 is 1.86 bits per heavy atom. The average molecular weight is 242 g/mol. The highest BCUT2D eigenvalue weighted by Crippen LogP contribution is 2.06. The molecule has 0 fully saturated rings. The SMILES string of the molecule is CC(CCl)CCCNS(=O)(=O)C(C)C. The lowest BCUT2D eigenvalue weighted by Crippen LogP contribution is -2.31. The van der Waals surface area contributed by atoms with E-state index < -0.39 is 10.0 Å². The summed E-state index contributed by atoms with van der Waals surface area (Å²) < 4.78 is 25.2. The average Bonchev–Trinajstić information content (AvgIpc) is 2.11. The minimum absolute atomic E-state index is 0.354. The van der Waals surface area contributed by atoms with Crippen LogP contribution < -0.4 is 4.72 Å². The summed E-state index contributed by atoms with van der Waals surface area (Å²) in [6.45, 7) is 5.92. The van der Waals surface area contributed by atoms with Crippen LogP contribution in [0.25, 0.3) is 0 Å². The lowest BCUT2D eigenvalue weighted by molar-refractivity contribution is 0.540. The lowest BCUT2D eigenvalue weighted by atomic mass is 10.1. The zero-order valence-electron chi connectivity index (χ0n) is 9.09. The molecule has 0 saturated carbocycles. The van der Waals surface area contributed by atoms with Crippen LogP contribution in [0.3, 0.4) is 0 Å². The molecule has 1 N–H and O–H groups in total. The molecule has 0 saturated heterocycles. The summed E-state index contributed by atoms with van der Waals surface area (Å²) in [5.74, 6) is 1.09. The Morgan fingerprint density at radius 3 is 2.29 bits per heavy atom. The van der Waals surface area contributed by atoms with Crippen LogP contribution in [-0.4, -0.2) is 26.1 Å². The number of sulfonamides is 1. The molecule has 0 aliphatic heterocycles. The monoisotopic (exact) mass is 241 g/mol. The van der Waals surface area contributed by atoms with E-state index in [0.29, 0.717) is 18.3 Å². The van der Waals surface area contributed by atoms with E-state index >= 15 is 0 Å². The largest absolute Gasteiger partial charge is 0.215 e. The number of nitrogens with one attached hydrogen (secondary N) is 1. The van der Waals surface area contributed by atoms with E-state index in [-0.39, 0.29) is 5.25 Å². The van der Waals surface area contributed by atoms with Gasteiger partial charge in [0.15, 0.2) is 0 Å². The van der Waals surface area contributed by atoms with Gasteiger partial charge in [-0.15, -0.1) is 11.6 Å². The summed E-state index contributed by atoms with van der Waals surface area (Å²) in [7, 11) is -3.09. The quantitative estimate of drug-likeness (QED) is 0.547. The molecule has 0 aliphatic rings. The first-order valence-electron chi connectivity index (χ1n) is 4.94. The Bertz CT molecular complexity index is 239. The molecule has 14 heavy (non-hydrogen) atoms. The van der Waals surface area contributed by atoms with Crippen LogP contribution in [0.4, 0.5) is 0 Å². The van der Waals surface area contributed by atoms with Crippen molar-refractivity contribution in [3.8, 4) is 0 Å². The predicted octanol–water partition coefficient (Wildman–Crippen LogP) is 1.97. The molecule has 0 rings (SSSR count). The number of hydrogen-bond donors (Lipinski definition) is 1. The van der Waals surface area contributed by atoms with E-state index in [9.17, 15) is 8.42 Å². The number of alkyl halides is 1. The van der Waals surface area contributed by atoms with Gasteiger partial charge in [-0.1, -0.05) is 6.92 Å². The van der Waals surface area contributed by atoms with Crippen LogP contribution in [0, 0.1) is 5.92 Å². The molecule has 0 heterocycles. The minimum atomic E-state index is -3.09. The van der Waals surface area contributed by atoms with Crippen molar-refractivity contribution in [1.29, 1.82) is 0 Å². The van der Waals surface area contributed by atoms with Gasteiger partial charge in [-0.05, 0) is 32.6 Å². The number of halogens is 1. The first-order chi connectivity index (χ1) is 6.40. The van der Waals surface area contributed by atoms with Crippen molar-refractivity contribution in [3.63, 3.8) is 0 Å². The Balaban J connectivity index is 3.65. The zero-order valence-corrected chi connectivity index (χ0v) is 10.7. The fraction of sp³-hybridized carbons (Fsp3) is 1.00. The van der Waals surface area contributed by atoms with Crippen molar-refractivity contribution in [2.24, 2.45) is 5.92 Å². The van der Waals surface area contributed by atoms with E-state index in [2.05, 4.69) is 11.6 Å². The van der Waals surface area contributed by atoms with Gasteiger partial charge < -0.3 is 0 Å². The summed E-state index contributed by atoms with van der Waals surface area (Å²) in [6.07, 6.45) is 1.81. The minimum Gasteiger partial charge on any atom is -0.215 e. The Morgan fingerprint density at radius 1 is 1.29 bits per heavy atom. The summed E-state index contributed by atoms with van der Waals surface area (Å²) in [6, 6.07) is 0. The standard InChI is InChI=1S/C9H20ClNO2S/c1-8(2)14(12,13)11-6-4-5-9(3)7-10/h8-9,11H,4-7H2,1-3H3. The van der Waals surface area contributed by atoms with Gasteiger partial charge >= 0.3 is 0 Å². The summed E-state index contributed by atoms with van der Waals surface area (Å²) in [4.78, 5) is 0. The first kappa shape index (κ1) is 14.2. The van der Waals surface area contributed by atoms with Crippen molar-refractivity contribution in [2.75, 3.05) is 12.4 Å². The molecule has 0 aromatic carbocycles. The van der Waals surface area contributed by atoms with Gasteiger partial charge in [0.05, 0.1) is 5.25 Å². The van der Waals surface area contributed by atoms with Crippen molar-refractivity contribution in [1.82, 2.24) is 4.72 Å². The van der Waals surface area contributed by atoms with Crippen LogP contribution >= 0.6 is 11.6 Å². The van der Waals surface area contributed by atoms with Crippen molar-refractivity contribution in [3.05, 3.63) is 0 Å². The van der Waals surface area contributed by atoms with E-state index in [1.165, 1.54) is 0 Å². The molecule has 3 nitrogen and oxygen atoms in total. The third-order valence-electron chi connectivity index (χ3n) is 2.06. The van der Waals surface area contributed by atoms with Gasteiger partial charge in [0.2, 0.25) is 10.0 Å². The number of rotatable bonds is 7. The van der Waals surface area contributed by atoms with Gasteiger partial charge in [-0.3, -0.25) is 0 Å². The molecule has 0 amide bonds. The van der Waals surface area contributed by atoms with E-state index in [0.717, 1.165) is 12.8 Å². The Labute approximate surface area is 92.3 Å². The highest BCUT2D eigenvalue weighted by molar-refractivity contribution is 7.90. The molecule has 5 heteroatoms. The molecule has 0 aliphatic carbocycles. The second kappa shape index (κ2) is 6.64. The van der Waals surface area contributed by atoms with E-state index in [1.807, 2.05) is 0 Å². The lowest BCUT2D eigenvalue weighted by Gasteiger charge is -2.10. The smallest absolute Gasteiger partial charge is 0.213 e. The maximum atomic E-state index is 11.3. The highest BCUT2D eigenvalue weighted by Gasteiger charge is 2.14. The third kappa shape index (κ3) is 5.83. The van der Waals surface area contributed by atoms with Gasteiger partial charge in [0, 0.05) is 12.4 Å². The van der Waals surface area contributed by atoms with Crippen molar-refractivity contribution >= 4 is 21.6 Å². The maximum absolute atomic E-state index is 11.3. The highest BCUT2D eigenvalue weighted by atomic mass is 35.5. The molecular formula is C9H20ClNO2S. The maximum Gasteiger partial charge on any atom is 0.213 e.